The molecule has 3 aromatic rings. The molecule has 0 unspecified atom stereocenters. The number of halogens is 4. The van der Waals surface area contributed by atoms with Gasteiger partial charge >= 0.3 is 6.18 Å². The van der Waals surface area contributed by atoms with E-state index in [0.717, 1.165) is 18.2 Å². The first kappa shape index (κ1) is 17.4. The number of anilines is 1. The zero-order chi connectivity index (χ0) is 18.2. The number of hydrogen-bond donors (Lipinski definition) is 1. The molecule has 130 valence electrons. The number of rotatable bonds is 3. The van der Waals surface area contributed by atoms with Gasteiger partial charge in [-0.05, 0) is 18.2 Å². The van der Waals surface area contributed by atoms with Crippen LogP contribution in [0.3, 0.4) is 0 Å². The standard InChI is InChI=1S/C15H9ClF3N3O2S/c16-13-11-6-1-2-7-12(11)14(21-20-13)22-25(23,24)10-5-3-4-9(8-10)15(17,18)19/h1-8H,(H,21,22). The number of alkyl halides is 3. The molecular weight excluding hydrogens is 379 g/mol. The summed E-state index contributed by atoms with van der Waals surface area (Å²) in [5.41, 5.74) is -1.07. The quantitative estimate of drug-likeness (QED) is 0.734. The van der Waals surface area contributed by atoms with E-state index < -0.39 is 26.7 Å². The number of aromatic nitrogens is 2. The van der Waals surface area contributed by atoms with Crippen molar-refractivity contribution in [2.24, 2.45) is 0 Å². The zero-order valence-electron chi connectivity index (χ0n) is 12.2. The molecule has 1 aromatic heterocycles. The highest BCUT2D eigenvalue weighted by molar-refractivity contribution is 7.92. The van der Waals surface area contributed by atoms with Crippen LogP contribution < -0.4 is 4.72 Å². The van der Waals surface area contributed by atoms with Crippen molar-refractivity contribution < 1.29 is 21.6 Å². The van der Waals surface area contributed by atoms with E-state index in [1.165, 1.54) is 0 Å². The van der Waals surface area contributed by atoms with Gasteiger partial charge in [-0.15, -0.1) is 10.2 Å². The van der Waals surface area contributed by atoms with Crippen LogP contribution in [0, 0.1) is 0 Å². The molecule has 25 heavy (non-hydrogen) atoms. The van der Waals surface area contributed by atoms with Gasteiger partial charge in [0.15, 0.2) is 11.0 Å². The van der Waals surface area contributed by atoms with Gasteiger partial charge in [-0.25, -0.2) is 8.42 Å². The topological polar surface area (TPSA) is 72.0 Å². The lowest BCUT2D eigenvalue weighted by Crippen LogP contribution is -2.16. The Kier molecular flexibility index (Phi) is 4.29. The molecule has 0 spiro atoms. The second-order valence-corrected chi connectivity index (χ2v) is 7.06. The Morgan fingerprint density at radius 3 is 2.32 bits per heavy atom. The normalized spacial score (nSPS) is 12.3. The molecule has 0 saturated carbocycles. The van der Waals surface area contributed by atoms with Crippen molar-refractivity contribution in [3.8, 4) is 0 Å². The fourth-order valence-electron chi connectivity index (χ4n) is 2.17. The maximum atomic E-state index is 12.8. The van der Waals surface area contributed by atoms with Gasteiger partial charge in [-0.3, -0.25) is 4.72 Å². The molecule has 0 amide bonds. The van der Waals surface area contributed by atoms with Crippen molar-refractivity contribution in [1.29, 1.82) is 0 Å². The molecule has 0 saturated heterocycles. The molecule has 0 radical (unpaired) electrons. The van der Waals surface area contributed by atoms with Crippen molar-refractivity contribution in [1.82, 2.24) is 10.2 Å². The van der Waals surface area contributed by atoms with Crippen LogP contribution in [-0.4, -0.2) is 18.6 Å². The van der Waals surface area contributed by atoms with Crippen molar-refractivity contribution >= 4 is 38.2 Å². The smallest absolute Gasteiger partial charge is 0.261 e. The lowest BCUT2D eigenvalue weighted by Gasteiger charge is -2.11. The molecule has 0 aliphatic carbocycles. The third kappa shape index (κ3) is 3.52. The van der Waals surface area contributed by atoms with E-state index >= 15 is 0 Å². The summed E-state index contributed by atoms with van der Waals surface area (Å²) in [5, 5.41) is 8.26. The van der Waals surface area contributed by atoms with Crippen LogP contribution in [0.4, 0.5) is 19.0 Å². The molecule has 5 nitrogen and oxygen atoms in total. The van der Waals surface area contributed by atoms with Gasteiger partial charge in [0.25, 0.3) is 10.0 Å². The summed E-state index contributed by atoms with van der Waals surface area (Å²) in [7, 11) is -4.30. The van der Waals surface area contributed by atoms with Gasteiger partial charge in [0.1, 0.15) is 0 Å². The molecule has 2 aromatic carbocycles. The Morgan fingerprint density at radius 1 is 0.960 bits per heavy atom. The molecule has 0 fully saturated rings. The van der Waals surface area contributed by atoms with Crippen molar-refractivity contribution in [2.45, 2.75) is 11.1 Å². The summed E-state index contributed by atoms with van der Waals surface area (Å²) in [6.45, 7) is 0. The highest BCUT2D eigenvalue weighted by Crippen LogP contribution is 2.31. The van der Waals surface area contributed by atoms with Crippen LogP contribution in [-0.2, 0) is 16.2 Å². The summed E-state index contributed by atoms with van der Waals surface area (Å²) in [6.07, 6.45) is -4.65. The van der Waals surface area contributed by atoms with E-state index in [4.69, 9.17) is 11.6 Å². The molecule has 1 heterocycles. The van der Waals surface area contributed by atoms with E-state index in [9.17, 15) is 21.6 Å². The molecule has 3 rings (SSSR count). The van der Waals surface area contributed by atoms with Crippen LogP contribution in [0.5, 0.6) is 0 Å². The molecule has 10 heteroatoms. The van der Waals surface area contributed by atoms with Crippen LogP contribution in [0.15, 0.2) is 53.4 Å². The number of benzene rings is 2. The van der Waals surface area contributed by atoms with Crippen molar-refractivity contribution in [3.05, 3.63) is 59.2 Å². The Morgan fingerprint density at radius 2 is 1.64 bits per heavy atom. The average Bonchev–Trinajstić information content (AvgIpc) is 2.57. The molecule has 0 bridgehead atoms. The molecule has 1 N–H and O–H groups in total. The van der Waals surface area contributed by atoms with Gasteiger partial charge in [-0.2, -0.15) is 13.2 Å². The summed E-state index contributed by atoms with van der Waals surface area (Å²) in [4.78, 5) is -0.539. The average molecular weight is 388 g/mol. The van der Waals surface area contributed by atoms with Crippen molar-refractivity contribution in [2.75, 3.05) is 4.72 Å². The number of hydrogen-bond acceptors (Lipinski definition) is 4. The molecule has 0 aliphatic heterocycles. The number of fused-ring (bicyclic) bond motifs is 1. The largest absolute Gasteiger partial charge is 0.416 e. The number of nitrogens with one attached hydrogen (secondary N) is 1. The van der Waals surface area contributed by atoms with Gasteiger partial charge in [0.2, 0.25) is 0 Å². The summed E-state index contributed by atoms with van der Waals surface area (Å²) < 4.78 is 65.4. The first-order chi connectivity index (χ1) is 11.7. The Labute approximate surface area is 145 Å². The lowest BCUT2D eigenvalue weighted by molar-refractivity contribution is -0.137. The lowest BCUT2D eigenvalue weighted by atomic mass is 10.2. The first-order valence-corrected chi connectivity index (χ1v) is 8.65. The van der Waals surface area contributed by atoms with E-state index in [1.807, 2.05) is 0 Å². The van der Waals surface area contributed by atoms with E-state index in [2.05, 4.69) is 14.9 Å². The van der Waals surface area contributed by atoms with Crippen molar-refractivity contribution in [3.63, 3.8) is 0 Å². The first-order valence-electron chi connectivity index (χ1n) is 6.79. The summed E-state index contributed by atoms with van der Waals surface area (Å²) in [6, 6.07) is 9.92. The number of nitrogens with zero attached hydrogens (tertiary/aromatic N) is 2. The van der Waals surface area contributed by atoms with Gasteiger partial charge in [-0.1, -0.05) is 41.9 Å². The number of sulfonamides is 1. The Balaban J connectivity index is 2.05. The minimum Gasteiger partial charge on any atom is -0.261 e. The minimum absolute atomic E-state index is 0.0811. The molecule has 0 aliphatic rings. The summed E-state index contributed by atoms with van der Waals surface area (Å²) in [5.74, 6) is -0.127. The predicted molar refractivity (Wildman–Crippen MR) is 86.8 cm³/mol. The highest BCUT2D eigenvalue weighted by atomic mass is 35.5. The van der Waals surface area contributed by atoms with E-state index in [0.29, 0.717) is 16.8 Å². The Bertz CT molecular complexity index is 1060. The minimum atomic E-state index is -4.65. The highest BCUT2D eigenvalue weighted by Gasteiger charge is 2.31. The van der Waals surface area contributed by atoms with Gasteiger partial charge in [0, 0.05) is 10.8 Å². The maximum absolute atomic E-state index is 12.8. The fraction of sp³-hybridized carbons (Fsp3) is 0.0667. The van der Waals surface area contributed by atoms with E-state index in [-0.39, 0.29) is 11.0 Å². The van der Waals surface area contributed by atoms with Crippen LogP contribution in [0.25, 0.3) is 10.8 Å². The third-order valence-electron chi connectivity index (χ3n) is 3.34. The summed E-state index contributed by atoms with van der Waals surface area (Å²) >= 11 is 5.91. The third-order valence-corrected chi connectivity index (χ3v) is 4.96. The monoisotopic (exact) mass is 387 g/mol. The van der Waals surface area contributed by atoms with E-state index in [1.54, 1.807) is 24.3 Å². The maximum Gasteiger partial charge on any atom is 0.416 e. The SMILES string of the molecule is O=S(=O)(Nc1nnc(Cl)c2ccccc12)c1cccc(C(F)(F)F)c1. The zero-order valence-corrected chi connectivity index (χ0v) is 13.8. The Hall–Kier alpha value is -2.39. The fourth-order valence-corrected chi connectivity index (χ4v) is 3.44. The van der Waals surface area contributed by atoms with Crippen LogP contribution >= 0.6 is 11.6 Å². The van der Waals surface area contributed by atoms with Gasteiger partial charge in [0.05, 0.1) is 10.5 Å². The predicted octanol–water partition coefficient (Wildman–Crippen LogP) is 4.10. The second-order valence-electron chi connectivity index (χ2n) is 5.02. The molecule has 0 atom stereocenters. The second kappa shape index (κ2) is 6.16. The molecular formula is C15H9ClF3N3O2S. The van der Waals surface area contributed by atoms with Gasteiger partial charge < -0.3 is 0 Å². The van der Waals surface area contributed by atoms with Crippen LogP contribution in [0.2, 0.25) is 5.15 Å². The van der Waals surface area contributed by atoms with Crippen LogP contribution in [0.1, 0.15) is 5.56 Å².